The van der Waals surface area contributed by atoms with Crippen LogP contribution in [0.4, 0.5) is 0 Å². The summed E-state index contributed by atoms with van der Waals surface area (Å²) in [6.45, 7) is 3.94. The van der Waals surface area contributed by atoms with Gasteiger partial charge >= 0.3 is 51.4 Å². The van der Waals surface area contributed by atoms with E-state index in [2.05, 4.69) is 10.2 Å². The van der Waals surface area contributed by atoms with Gasteiger partial charge in [-0.05, 0) is 6.92 Å². The van der Waals surface area contributed by atoms with Crippen LogP contribution in [0, 0.1) is 13.8 Å². The normalized spacial score (nSPS) is 8.25. The van der Waals surface area contributed by atoms with Crippen LogP contribution >= 0.6 is 0 Å². The van der Waals surface area contributed by atoms with Crippen molar-refractivity contribution in [1.29, 1.82) is 0 Å². The first-order valence-corrected chi connectivity index (χ1v) is 2.22. The third-order valence-electron chi connectivity index (χ3n) is 1.03. The molecule has 1 aromatic rings. The van der Waals surface area contributed by atoms with E-state index in [9.17, 15) is 0 Å². The van der Waals surface area contributed by atoms with Gasteiger partial charge in [0.25, 0.3) is 0 Å². The fourth-order valence-electron chi connectivity index (χ4n) is 0.374. The Kier molecular flexibility index (Phi) is 4.19. The van der Waals surface area contributed by atoms with Gasteiger partial charge in [-0.2, -0.15) is 0 Å². The average molecular weight is 134 g/mol. The Labute approximate surface area is 91.5 Å². The molecule has 1 heterocycles. The Hall–Kier alpha value is 0.846. The number of hydrogen-bond acceptors (Lipinski definition) is 1. The predicted molar refractivity (Wildman–Crippen MR) is 27.0 cm³/mol. The summed E-state index contributed by atoms with van der Waals surface area (Å²) in [6.07, 6.45) is 1.76. The number of rotatable bonds is 0. The van der Waals surface area contributed by atoms with E-state index in [-0.39, 0.29) is 51.4 Å². The van der Waals surface area contributed by atoms with Crippen molar-refractivity contribution in [3.05, 3.63) is 17.5 Å². The Bertz CT molecular complexity index is 143. The molecule has 0 atom stereocenters. The van der Waals surface area contributed by atoms with Crippen molar-refractivity contribution in [2.24, 2.45) is 0 Å². The number of aryl methyl sites for hydroxylation is 2. The fraction of sp³-hybridized carbons (Fsp3) is 0.400. The van der Waals surface area contributed by atoms with Crippen molar-refractivity contribution in [2.45, 2.75) is 13.8 Å². The van der Waals surface area contributed by atoms with Crippen molar-refractivity contribution in [3.63, 3.8) is 0 Å². The molecule has 0 aliphatic carbocycles. The molecule has 0 saturated carbocycles. The molecule has 0 bridgehead atoms. The molecule has 0 fully saturated rings. The second kappa shape index (κ2) is 3.79. The third kappa shape index (κ3) is 1.99. The van der Waals surface area contributed by atoms with E-state index in [0.29, 0.717) is 0 Å². The molecule has 1 rings (SSSR count). The number of aromatic nitrogens is 2. The van der Waals surface area contributed by atoms with Crippen LogP contribution in [0.5, 0.6) is 0 Å². The second-order valence-corrected chi connectivity index (χ2v) is 1.61. The first kappa shape index (κ1) is 8.85. The molecule has 0 radical (unpaired) electrons. The fourth-order valence-corrected chi connectivity index (χ4v) is 0.374. The van der Waals surface area contributed by atoms with Crippen molar-refractivity contribution < 1.29 is 51.4 Å². The molecule has 1 aromatic heterocycles. The van der Waals surface area contributed by atoms with Gasteiger partial charge < -0.3 is 10.2 Å². The molecular weight excluding hydrogens is 127 g/mol. The van der Waals surface area contributed by atoms with Crippen LogP contribution in [0.3, 0.4) is 0 Å². The van der Waals surface area contributed by atoms with Crippen molar-refractivity contribution in [1.82, 2.24) is 10.2 Å². The van der Waals surface area contributed by atoms with Gasteiger partial charge in [-0.3, -0.25) is 0 Å². The average Bonchev–Trinajstić information content (AvgIpc) is 1.91. The SMILES string of the molecule is Cc1cn[n-]c1C.[K+]. The first-order valence-electron chi connectivity index (χ1n) is 2.22. The maximum atomic E-state index is 3.77. The summed E-state index contributed by atoms with van der Waals surface area (Å²) in [5, 5.41) is 7.44. The third-order valence-corrected chi connectivity index (χ3v) is 1.03. The first-order chi connectivity index (χ1) is 3.30. The Balaban J connectivity index is 0.000000490. The molecular formula is C5H7KN2. The zero-order valence-electron chi connectivity index (χ0n) is 5.47. The van der Waals surface area contributed by atoms with E-state index >= 15 is 0 Å². The summed E-state index contributed by atoms with van der Waals surface area (Å²) in [4.78, 5) is 0. The molecule has 38 valence electrons. The van der Waals surface area contributed by atoms with E-state index in [0.717, 1.165) is 5.69 Å². The van der Waals surface area contributed by atoms with E-state index in [1.165, 1.54) is 5.56 Å². The van der Waals surface area contributed by atoms with Gasteiger partial charge in [-0.1, -0.05) is 12.5 Å². The van der Waals surface area contributed by atoms with Crippen LogP contribution in [-0.4, -0.2) is 5.10 Å². The van der Waals surface area contributed by atoms with E-state index < -0.39 is 0 Å². The van der Waals surface area contributed by atoms with Crippen LogP contribution in [0.2, 0.25) is 0 Å². The number of hydrogen-bond donors (Lipinski definition) is 0. The largest absolute Gasteiger partial charge is 1.00 e. The van der Waals surface area contributed by atoms with Gasteiger partial charge in [-0.25, -0.2) is 0 Å². The van der Waals surface area contributed by atoms with E-state index in [1.54, 1.807) is 6.20 Å². The van der Waals surface area contributed by atoms with Crippen LogP contribution in [0.15, 0.2) is 6.20 Å². The monoisotopic (exact) mass is 134 g/mol. The summed E-state index contributed by atoms with van der Waals surface area (Å²) < 4.78 is 0. The zero-order chi connectivity index (χ0) is 5.28. The van der Waals surface area contributed by atoms with Crippen molar-refractivity contribution in [2.75, 3.05) is 0 Å². The molecule has 0 aliphatic rings. The van der Waals surface area contributed by atoms with Gasteiger partial charge in [0.2, 0.25) is 0 Å². The smallest absolute Gasteiger partial charge is 0.579 e. The maximum absolute atomic E-state index is 3.77. The van der Waals surface area contributed by atoms with Gasteiger partial charge in [0.15, 0.2) is 0 Å². The minimum Gasteiger partial charge on any atom is -0.579 e. The molecule has 0 aromatic carbocycles. The summed E-state index contributed by atoms with van der Waals surface area (Å²) in [5.41, 5.74) is 2.19. The van der Waals surface area contributed by atoms with Gasteiger partial charge in [0.05, 0.1) is 0 Å². The standard InChI is InChI=1S/C5H7N2.K/c1-4-3-6-7-5(4)2;/h3H,1-2H3;/q-1;+1. The van der Waals surface area contributed by atoms with Gasteiger partial charge in [0.1, 0.15) is 0 Å². The Morgan fingerprint density at radius 1 is 1.50 bits per heavy atom. The van der Waals surface area contributed by atoms with Crippen molar-refractivity contribution in [3.8, 4) is 0 Å². The van der Waals surface area contributed by atoms with Gasteiger partial charge in [-0.15, -0.1) is 5.69 Å². The molecule has 2 nitrogen and oxygen atoms in total. The van der Waals surface area contributed by atoms with Gasteiger partial charge in [0, 0.05) is 6.20 Å². The van der Waals surface area contributed by atoms with Crippen LogP contribution in [-0.2, 0) is 0 Å². The topological polar surface area (TPSA) is 27.0 Å². The second-order valence-electron chi connectivity index (χ2n) is 1.61. The van der Waals surface area contributed by atoms with E-state index in [1.807, 2.05) is 13.8 Å². The minimum atomic E-state index is 0. The predicted octanol–water partition coefficient (Wildman–Crippen LogP) is -2.34. The quantitative estimate of drug-likeness (QED) is 0.372. The molecule has 0 aliphatic heterocycles. The van der Waals surface area contributed by atoms with Crippen molar-refractivity contribution >= 4 is 0 Å². The zero-order valence-corrected chi connectivity index (χ0v) is 8.59. The van der Waals surface area contributed by atoms with Crippen LogP contribution in [0.25, 0.3) is 0 Å². The number of nitrogens with zero attached hydrogens (tertiary/aromatic N) is 2. The maximum Gasteiger partial charge on any atom is 1.00 e. The summed E-state index contributed by atoms with van der Waals surface area (Å²) >= 11 is 0. The minimum absolute atomic E-state index is 0. The van der Waals surface area contributed by atoms with E-state index in [4.69, 9.17) is 0 Å². The summed E-state index contributed by atoms with van der Waals surface area (Å²) in [6, 6.07) is 0. The molecule has 0 unspecified atom stereocenters. The molecule has 0 amide bonds. The summed E-state index contributed by atoms with van der Waals surface area (Å²) in [5.74, 6) is 0. The molecule has 8 heavy (non-hydrogen) atoms. The Morgan fingerprint density at radius 3 is 2.25 bits per heavy atom. The molecule has 0 spiro atoms. The molecule has 3 heteroatoms. The summed E-state index contributed by atoms with van der Waals surface area (Å²) in [7, 11) is 0. The van der Waals surface area contributed by atoms with Crippen LogP contribution < -0.4 is 56.5 Å². The Morgan fingerprint density at radius 2 is 2.12 bits per heavy atom. The molecule has 0 saturated heterocycles. The molecule has 0 N–H and O–H groups in total. The van der Waals surface area contributed by atoms with Crippen LogP contribution in [0.1, 0.15) is 11.3 Å².